The Morgan fingerprint density at radius 1 is 1.22 bits per heavy atom. The van der Waals surface area contributed by atoms with Gasteiger partial charge in [-0.05, 0) is 38.8 Å². The summed E-state index contributed by atoms with van der Waals surface area (Å²) < 4.78 is 0. The fourth-order valence-corrected chi connectivity index (χ4v) is 2.60. The molecule has 0 saturated carbocycles. The quantitative estimate of drug-likeness (QED) is 0.660. The molecule has 1 atom stereocenters. The van der Waals surface area contributed by atoms with E-state index in [2.05, 4.69) is 10.6 Å². The van der Waals surface area contributed by atoms with Crippen LogP contribution in [0.2, 0.25) is 0 Å². The first-order chi connectivity index (χ1) is 8.66. The third-order valence-electron chi connectivity index (χ3n) is 3.72. The number of nitrogens with zero attached hydrogens (tertiary/aromatic N) is 1. The van der Waals surface area contributed by atoms with Gasteiger partial charge < -0.3 is 20.6 Å². The Morgan fingerprint density at radius 3 is 2.61 bits per heavy atom. The van der Waals surface area contributed by atoms with Crippen molar-refractivity contribution in [3.63, 3.8) is 0 Å². The molecule has 0 aromatic heterocycles. The van der Waals surface area contributed by atoms with E-state index in [1.54, 1.807) is 4.90 Å². The molecule has 2 saturated heterocycles. The predicted octanol–water partition coefficient (Wildman–Crippen LogP) is 0.245. The van der Waals surface area contributed by atoms with Crippen LogP contribution in [0.4, 0.5) is 4.79 Å². The molecular formula is C12H21N3O3. The third-order valence-corrected chi connectivity index (χ3v) is 3.72. The van der Waals surface area contributed by atoms with E-state index in [0.29, 0.717) is 19.5 Å². The molecule has 2 aliphatic heterocycles. The number of piperidine rings is 2. The summed E-state index contributed by atoms with van der Waals surface area (Å²) in [6.45, 7) is 2.87. The maximum absolute atomic E-state index is 12.0. The molecule has 1 unspecified atom stereocenters. The molecule has 0 aromatic rings. The van der Waals surface area contributed by atoms with E-state index in [1.165, 1.54) is 0 Å². The zero-order valence-electron chi connectivity index (χ0n) is 10.5. The number of carboxylic acid groups (broad SMARTS) is 1. The molecule has 2 amide bonds. The van der Waals surface area contributed by atoms with E-state index in [1.807, 2.05) is 0 Å². The van der Waals surface area contributed by atoms with Crippen molar-refractivity contribution in [2.75, 3.05) is 26.2 Å². The van der Waals surface area contributed by atoms with Crippen LogP contribution in [0, 0.1) is 5.92 Å². The number of carbonyl (C=O) groups excluding carboxylic acids is 1. The van der Waals surface area contributed by atoms with Gasteiger partial charge in [-0.25, -0.2) is 4.79 Å². The lowest BCUT2D eigenvalue weighted by molar-refractivity contribution is -0.143. The summed E-state index contributed by atoms with van der Waals surface area (Å²) in [5.41, 5.74) is 0. The maximum Gasteiger partial charge on any atom is 0.317 e. The summed E-state index contributed by atoms with van der Waals surface area (Å²) in [5.74, 6) is -1.20. The summed E-state index contributed by atoms with van der Waals surface area (Å²) >= 11 is 0. The number of urea groups is 1. The molecule has 3 N–H and O–H groups in total. The fourth-order valence-electron chi connectivity index (χ4n) is 2.60. The van der Waals surface area contributed by atoms with Crippen LogP contribution in [0.5, 0.6) is 0 Å². The van der Waals surface area contributed by atoms with Crippen molar-refractivity contribution in [1.82, 2.24) is 15.5 Å². The van der Waals surface area contributed by atoms with E-state index in [4.69, 9.17) is 5.11 Å². The minimum absolute atomic E-state index is 0.104. The summed E-state index contributed by atoms with van der Waals surface area (Å²) in [7, 11) is 0. The molecule has 0 spiro atoms. The van der Waals surface area contributed by atoms with Gasteiger partial charge in [-0.1, -0.05) is 0 Å². The first-order valence-electron chi connectivity index (χ1n) is 6.66. The highest BCUT2D eigenvalue weighted by molar-refractivity contribution is 5.76. The monoisotopic (exact) mass is 255 g/mol. The third kappa shape index (κ3) is 3.35. The van der Waals surface area contributed by atoms with Crippen LogP contribution in [0.25, 0.3) is 0 Å². The van der Waals surface area contributed by atoms with Gasteiger partial charge >= 0.3 is 12.0 Å². The second kappa shape index (κ2) is 6.04. The summed E-state index contributed by atoms with van der Waals surface area (Å²) in [5, 5.41) is 15.2. The smallest absolute Gasteiger partial charge is 0.317 e. The van der Waals surface area contributed by atoms with Crippen molar-refractivity contribution in [3.8, 4) is 0 Å². The molecule has 0 aliphatic carbocycles. The Labute approximate surface area is 107 Å². The van der Waals surface area contributed by atoms with Gasteiger partial charge in [-0.15, -0.1) is 0 Å². The van der Waals surface area contributed by atoms with Gasteiger partial charge in [0.15, 0.2) is 0 Å². The number of amides is 2. The van der Waals surface area contributed by atoms with Gasteiger partial charge in [0.2, 0.25) is 0 Å². The van der Waals surface area contributed by atoms with E-state index < -0.39 is 11.9 Å². The van der Waals surface area contributed by atoms with Crippen LogP contribution in [-0.4, -0.2) is 54.2 Å². The summed E-state index contributed by atoms with van der Waals surface area (Å²) in [6.07, 6.45) is 3.34. The second-order valence-corrected chi connectivity index (χ2v) is 5.10. The number of nitrogens with one attached hydrogen (secondary N) is 2. The van der Waals surface area contributed by atoms with E-state index in [-0.39, 0.29) is 12.1 Å². The Bertz CT molecular complexity index is 316. The summed E-state index contributed by atoms with van der Waals surface area (Å²) in [4.78, 5) is 24.6. The molecular weight excluding hydrogens is 234 g/mol. The molecule has 18 heavy (non-hydrogen) atoms. The number of hydrogen-bond acceptors (Lipinski definition) is 3. The van der Waals surface area contributed by atoms with Crippen LogP contribution in [0.15, 0.2) is 0 Å². The van der Waals surface area contributed by atoms with E-state index in [9.17, 15) is 9.59 Å². The van der Waals surface area contributed by atoms with Crippen molar-refractivity contribution < 1.29 is 14.7 Å². The SMILES string of the molecule is O=C(O)C1CCCN(C(=O)NC2CCNCC2)C1. The Kier molecular flexibility index (Phi) is 4.41. The van der Waals surface area contributed by atoms with Crippen molar-refractivity contribution in [2.24, 2.45) is 5.92 Å². The Balaban J connectivity index is 1.82. The molecule has 0 radical (unpaired) electrons. The molecule has 2 heterocycles. The lowest BCUT2D eigenvalue weighted by atomic mass is 9.98. The molecule has 6 heteroatoms. The van der Waals surface area contributed by atoms with Crippen LogP contribution >= 0.6 is 0 Å². The molecule has 0 bridgehead atoms. The number of carboxylic acids is 1. The van der Waals surface area contributed by atoms with Gasteiger partial charge in [0.25, 0.3) is 0 Å². The molecule has 2 fully saturated rings. The number of likely N-dealkylation sites (tertiary alicyclic amines) is 1. The number of carbonyl (C=O) groups is 2. The van der Waals surface area contributed by atoms with Crippen LogP contribution in [-0.2, 0) is 4.79 Å². The van der Waals surface area contributed by atoms with Crippen molar-refractivity contribution in [3.05, 3.63) is 0 Å². The second-order valence-electron chi connectivity index (χ2n) is 5.10. The van der Waals surface area contributed by atoms with Crippen LogP contribution in [0.3, 0.4) is 0 Å². The Morgan fingerprint density at radius 2 is 1.94 bits per heavy atom. The number of aliphatic carboxylic acids is 1. The summed E-state index contributed by atoms with van der Waals surface area (Å²) in [6, 6.07) is 0.122. The molecule has 0 aromatic carbocycles. The minimum atomic E-state index is -0.797. The largest absolute Gasteiger partial charge is 0.481 e. The Hall–Kier alpha value is -1.30. The van der Waals surface area contributed by atoms with E-state index in [0.717, 1.165) is 32.4 Å². The highest BCUT2D eigenvalue weighted by Gasteiger charge is 2.29. The van der Waals surface area contributed by atoms with Gasteiger partial charge in [0, 0.05) is 19.1 Å². The molecule has 2 aliphatic rings. The van der Waals surface area contributed by atoms with Crippen LogP contribution < -0.4 is 10.6 Å². The standard InChI is InChI=1S/C12H21N3O3/c16-11(17)9-2-1-7-15(8-9)12(18)14-10-3-5-13-6-4-10/h9-10,13H,1-8H2,(H,14,18)(H,16,17). The first kappa shape index (κ1) is 13.1. The van der Waals surface area contributed by atoms with Gasteiger partial charge in [0.1, 0.15) is 0 Å². The van der Waals surface area contributed by atoms with Crippen molar-refractivity contribution in [1.29, 1.82) is 0 Å². The first-order valence-corrected chi connectivity index (χ1v) is 6.66. The number of rotatable bonds is 2. The van der Waals surface area contributed by atoms with Crippen molar-refractivity contribution in [2.45, 2.75) is 31.7 Å². The normalized spacial score (nSPS) is 25.8. The highest BCUT2D eigenvalue weighted by Crippen LogP contribution is 2.17. The lowest BCUT2D eigenvalue weighted by Gasteiger charge is -2.33. The van der Waals surface area contributed by atoms with Crippen LogP contribution in [0.1, 0.15) is 25.7 Å². The molecule has 102 valence electrons. The topological polar surface area (TPSA) is 81.7 Å². The van der Waals surface area contributed by atoms with Gasteiger partial charge in [-0.2, -0.15) is 0 Å². The lowest BCUT2D eigenvalue weighted by Crippen LogP contribution is -2.51. The fraction of sp³-hybridized carbons (Fsp3) is 0.833. The zero-order chi connectivity index (χ0) is 13.0. The molecule has 2 rings (SSSR count). The van der Waals surface area contributed by atoms with Gasteiger partial charge in [-0.3, -0.25) is 4.79 Å². The predicted molar refractivity (Wildman–Crippen MR) is 66.4 cm³/mol. The molecule has 6 nitrogen and oxygen atoms in total. The van der Waals surface area contributed by atoms with Gasteiger partial charge in [0.05, 0.1) is 5.92 Å². The van der Waals surface area contributed by atoms with Crippen molar-refractivity contribution >= 4 is 12.0 Å². The zero-order valence-corrected chi connectivity index (χ0v) is 10.5. The minimum Gasteiger partial charge on any atom is -0.481 e. The average Bonchev–Trinajstić information content (AvgIpc) is 2.40. The van der Waals surface area contributed by atoms with E-state index >= 15 is 0 Å². The number of hydrogen-bond donors (Lipinski definition) is 3. The average molecular weight is 255 g/mol. The highest BCUT2D eigenvalue weighted by atomic mass is 16.4. The maximum atomic E-state index is 12.0.